The van der Waals surface area contributed by atoms with Crippen LogP contribution in [0.2, 0.25) is 0 Å². The highest BCUT2D eigenvalue weighted by Crippen LogP contribution is 2.29. The molecule has 2 aliphatic heterocycles. The molecule has 0 saturated carbocycles. The summed E-state index contributed by atoms with van der Waals surface area (Å²) in [5, 5.41) is 2.34. The molecule has 0 spiro atoms. The molecule has 22 heavy (non-hydrogen) atoms. The van der Waals surface area contributed by atoms with Gasteiger partial charge in [-0.3, -0.25) is 14.9 Å². The summed E-state index contributed by atoms with van der Waals surface area (Å²) in [6.07, 6.45) is 3.34. The fourth-order valence-corrected chi connectivity index (χ4v) is 3.17. The van der Waals surface area contributed by atoms with E-state index in [2.05, 4.69) is 5.32 Å². The molecule has 0 unspecified atom stereocenters. The summed E-state index contributed by atoms with van der Waals surface area (Å²) >= 11 is 0. The maximum atomic E-state index is 12.0. The van der Waals surface area contributed by atoms with Gasteiger partial charge in [0.05, 0.1) is 0 Å². The van der Waals surface area contributed by atoms with Gasteiger partial charge in [-0.1, -0.05) is 0 Å². The molecule has 0 aromatic rings. The van der Waals surface area contributed by atoms with Crippen LogP contribution in [0.25, 0.3) is 0 Å². The lowest BCUT2D eigenvalue weighted by atomic mass is 9.83. The molecule has 124 valence electrons. The molecule has 6 heteroatoms. The number of carbonyl (C=O) groups is 3. The van der Waals surface area contributed by atoms with Gasteiger partial charge in [-0.15, -0.1) is 0 Å². The first-order valence-corrected chi connectivity index (χ1v) is 8.03. The van der Waals surface area contributed by atoms with Gasteiger partial charge in [0.15, 0.2) is 0 Å². The molecule has 0 aliphatic carbocycles. The summed E-state index contributed by atoms with van der Waals surface area (Å²) in [4.78, 5) is 36.5. The van der Waals surface area contributed by atoms with E-state index in [4.69, 9.17) is 4.74 Å². The summed E-state index contributed by atoms with van der Waals surface area (Å²) in [5.74, 6) is 0.307. The number of likely N-dealkylation sites (tertiary alicyclic amines) is 1. The summed E-state index contributed by atoms with van der Waals surface area (Å²) in [6, 6.07) is 0. The Kier molecular flexibility index (Phi) is 5.08. The number of imide groups is 1. The lowest BCUT2D eigenvalue weighted by Gasteiger charge is -2.35. The Bertz CT molecular complexity index is 432. The van der Waals surface area contributed by atoms with E-state index in [1.165, 1.54) is 0 Å². The van der Waals surface area contributed by atoms with Crippen LogP contribution in [-0.2, 0) is 14.3 Å². The molecule has 0 aromatic heterocycles. The largest absolute Gasteiger partial charge is 0.444 e. The highest BCUT2D eigenvalue weighted by Gasteiger charge is 2.31. The second-order valence-corrected chi connectivity index (χ2v) is 7.39. The van der Waals surface area contributed by atoms with Crippen LogP contribution in [0.4, 0.5) is 4.79 Å². The van der Waals surface area contributed by atoms with Crippen LogP contribution in [0, 0.1) is 11.8 Å². The molecule has 0 radical (unpaired) electrons. The Morgan fingerprint density at radius 2 is 1.68 bits per heavy atom. The topological polar surface area (TPSA) is 75.7 Å². The van der Waals surface area contributed by atoms with Crippen molar-refractivity contribution in [3.05, 3.63) is 0 Å². The Balaban J connectivity index is 1.76. The number of rotatable bonds is 2. The Morgan fingerprint density at radius 1 is 1.14 bits per heavy atom. The van der Waals surface area contributed by atoms with Gasteiger partial charge in [0.25, 0.3) is 0 Å². The zero-order valence-electron chi connectivity index (χ0n) is 13.7. The highest BCUT2D eigenvalue weighted by molar-refractivity contribution is 5.97. The second-order valence-electron chi connectivity index (χ2n) is 7.39. The van der Waals surface area contributed by atoms with E-state index < -0.39 is 5.60 Å². The molecule has 2 heterocycles. The van der Waals surface area contributed by atoms with Gasteiger partial charge >= 0.3 is 6.09 Å². The average molecular weight is 310 g/mol. The monoisotopic (exact) mass is 310 g/mol. The highest BCUT2D eigenvalue weighted by atomic mass is 16.6. The minimum Gasteiger partial charge on any atom is -0.444 e. The Labute approximate surface area is 131 Å². The van der Waals surface area contributed by atoms with Crippen molar-refractivity contribution >= 4 is 17.9 Å². The van der Waals surface area contributed by atoms with Crippen LogP contribution in [0.15, 0.2) is 0 Å². The van der Waals surface area contributed by atoms with E-state index in [9.17, 15) is 14.4 Å². The van der Waals surface area contributed by atoms with E-state index in [0.29, 0.717) is 31.8 Å². The molecule has 0 atom stereocenters. The first-order chi connectivity index (χ1) is 10.2. The van der Waals surface area contributed by atoms with Gasteiger partial charge in [0.1, 0.15) is 5.60 Å². The van der Waals surface area contributed by atoms with Crippen molar-refractivity contribution in [3.63, 3.8) is 0 Å². The standard InChI is InChI=1S/C16H26N2O4/c1-16(2,3)22-15(21)18-6-4-11(5-7-18)8-12-9-13(19)17-14(20)10-12/h11-12H,4-10H2,1-3H3,(H,17,19,20). The van der Waals surface area contributed by atoms with Gasteiger partial charge in [0, 0.05) is 25.9 Å². The van der Waals surface area contributed by atoms with Crippen molar-refractivity contribution in [2.24, 2.45) is 11.8 Å². The third kappa shape index (κ3) is 5.00. The molecule has 2 aliphatic rings. The minimum absolute atomic E-state index is 0.152. The summed E-state index contributed by atoms with van der Waals surface area (Å²) < 4.78 is 5.38. The Hall–Kier alpha value is -1.59. The SMILES string of the molecule is CC(C)(C)OC(=O)N1CCC(CC2CC(=O)NC(=O)C2)CC1. The number of piperidine rings is 2. The molecular weight excluding hydrogens is 284 g/mol. The van der Waals surface area contributed by atoms with Crippen LogP contribution in [0.3, 0.4) is 0 Å². The van der Waals surface area contributed by atoms with E-state index in [-0.39, 0.29) is 23.8 Å². The van der Waals surface area contributed by atoms with Crippen molar-refractivity contribution in [2.75, 3.05) is 13.1 Å². The normalized spacial score (nSPS) is 21.7. The predicted octanol–water partition coefficient (Wildman–Crippen LogP) is 2.08. The third-order valence-electron chi connectivity index (χ3n) is 4.16. The van der Waals surface area contributed by atoms with Gasteiger partial charge < -0.3 is 9.64 Å². The van der Waals surface area contributed by atoms with E-state index in [1.807, 2.05) is 20.8 Å². The lowest BCUT2D eigenvalue weighted by Crippen LogP contribution is -2.43. The quantitative estimate of drug-likeness (QED) is 0.792. The zero-order chi connectivity index (χ0) is 16.3. The van der Waals surface area contributed by atoms with Crippen molar-refractivity contribution in [1.82, 2.24) is 10.2 Å². The summed E-state index contributed by atoms with van der Waals surface area (Å²) in [7, 11) is 0. The van der Waals surface area contributed by atoms with Gasteiger partial charge in [-0.25, -0.2) is 4.79 Å². The molecule has 2 saturated heterocycles. The van der Waals surface area contributed by atoms with Gasteiger partial charge in [-0.05, 0) is 51.9 Å². The van der Waals surface area contributed by atoms with Crippen molar-refractivity contribution in [3.8, 4) is 0 Å². The zero-order valence-corrected chi connectivity index (χ0v) is 13.7. The van der Waals surface area contributed by atoms with Crippen LogP contribution < -0.4 is 5.32 Å². The Morgan fingerprint density at radius 3 is 2.18 bits per heavy atom. The number of hydrogen-bond acceptors (Lipinski definition) is 4. The fraction of sp³-hybridized carbons (Fsp3) is 0.812. The maximum absolute atomic E-state index is 12.0. The van der Waals surface area contributed by atoms with Crippen molar-refractivity contribution in [1.29, 1.82) is 0 Å². The van der Waals surface area contributed by atoms with Crippen LogP contribution in [0.5, 0.6) is 0 Å². The molecular formula is C16H26N2O4. The second kappa shape index (κ2) is 6.67. The van der Waals surface area contributed by atoms with E-state index in [0.717, 1.165) is 19.3 Å². The predicted molar refractivity (Wildman–Crippen MR) is 81.0 cm³/mol. The first kappa shape index (κ1) is 16.8. The van der Waals surface area contributed by atoms with Crippen LogP contribution in [0.1, 0.15) is 52.9 Å². The molecule has 3 amide bonds. The number of ether oxygens (including phenoxy) is 1. The average Bonchev–Trinajstić information content (AvgIpc) is 2.36. The van der Waals surface area contributed by atoms with Gasteiger partial charge in [0.2, 0.25) is 11.8 Å². The van der Waals surface area contributed by atoms with Crippen molar-refractivity contribution in [2.45, 2.75) is 58.5 Å². The molecule has 0 bridgehead atoms. The first-order valence-electron chi connectivity index (χ1n) is 8.03. The lowest BCUT2D eigenvalue weighted by molar-refractivity contribution is -0.135. The van der Waals surface area contributed by atoms with Crippen molar-refractivity contribution < 1.29 is 19.1 Å². The molecule has 2 rings (SSSR count). The smallest absolute Gasteiger partial charge is 0.410 e. The third-order valence-corrected chi connectivity index (χ3v) is 4.16. The number of nitrogens with zero attached hydrogens (tertiary/aromatic N) is 1. The summed E-state index contributed by atoms with van der Waals surface area (Å²) in [6.45, 7) is 6.97. The van der Waals surface area contributed by atoms with Crippen LogP contribution >= 0.6 is 0 Å². The number of amides is 3. The number of hydrogen-bond donors (Lipinski definition) is 1. The molecule has 6 nitrogen and oxygen atoms in total. The number of nitrogens with one attached hydrogen (secondary N) is 1. The number of carbonyl (C=O) groups excluding carboxylic acids is 3. The molecule has 1 N–H and O–H groups in total. The molecule has 0 aromatic carbocycles. The van der Waals surface area contributed by atoms with E-state index in [1.54, 1.807) is 4.90 Å². The minimum atomic E-state index is -0.468. The maximum Gasteiger partial charge on any atom is 0.410 e. The fourth-order valence-electron chi connectivity index (χ4n) is 3.17. The van der Waals surface area contributed by atoms with Crippen LogP contribution in [-0.4, -0.2) is 41.5 Å². The van der Waals surface area contributed by atoms with Gasteiger partial charge in [-0.2, -0.15) is 0 Å². The summed E-state index contributed by atoms with van der Waals surface area (Å²) in [5.41, 5.74) is -0.468. The molecule has 2 fully saturated rings. The van der Waals surface area contributed by atoms with E-state index >= 15 is 0 Å².